The highest BCUT2D eigenvalue weighted by atomic mass is 32.2. The standard InChI is InChI=1S/C12H14N2O4S/c1-8-4-2-3-5-9(8)19-7-11(16)18-6-10(15)14-12(13)17/h2-5H,6-7H2,1H3,(H3,13,14,15,17). The Kier molecular flexibility index (Phi) is 5.87. The quantitative estimate of drug-likeness (QED) is 0.615. The third-order valence-corrected chi connectivity index (χ3v) is 3.22. The van der Waals surface area contributed by atoms with Gasteiger partial charge in [0.25, 0.3) is 5.91 Å². The van der Waals surface area contributed by atoms with Gasteiger partial charge in [-0.15, -0.1) is 11.8 Å². The minimum atomic E-state index is -0.977. The van der Waals surface area contributed by atoms with Crippen LogP contribution < -0.4 is 11.1 Å². The number of hydrogen-bond acceptors (Lipinski definition) is 5. The van der Waals surface area contributed by atoms with E-state index < -0.39 is 24.5 Å². The fourth-order valence-electron chi connectivity index (χ4n) is 1.22. The fraction of sp³-hybridized carbons (Fsp3) is 0.250. The van der Waals surface area contributed by atoms with E-state index in [1.165, 1.54) is 11.8 Å². The van der Waals surface area contributed by atoms with E-state index in [0.29, 0.717) is 0 Å². The van der Waals surface area contributed by atoms with E-state index in [1.807, 2.05) is 31.2 Å². The number of amides is 3. The van der Waals surface area contributed by atoms with Crippen LogP contribution in [0.2, 0.25) is 0 Å². The van der Waals surface area contributed by atoms with Crippen LogP contribution >= 0.6 is 11.8 Å². The van der Waals surface area contributed by atoms with Gasteiger partial charge in [-0.1, -0.05) is 18.2 Å². The van der Waals surface area contributed by atoms with Crippen LogP contribution in [0.3, 0.4) is 0 Å². The van der Waals surface area contributed by atoms with Crippen LogP contribution in [-0.4, -0.2) is 30.3 Å². The van der Waals surface area contributed by atoms with E-state index in [1.54, 1.807) is 5.32 Å². The number of carbonyl (C=O) groups is 3. The molecule has 0 saturated heterocycles. The van der Waals surface area contributed by atoms with Gasteiger partial charge < -0.3 is 10.5 Å². The summed E-state index contributed by atoms with van der Waals surface area (Å²) in [4.78, 5) is 33.7. The van der Waals surface area contributed by atoms with E-state index in [0.717, 1.165) is 10.5 Å². The Hall–Kier alpha value is -2.02. The first-order valence-corrected chi connectivity index (χ1v) is 6.41. The van der Waals surface area contributed by atoms with E-state index in [-0.39, 0.29) is 5.75 Å². The number of imide groups is 1. The van der Waals surface area contributed by atoms with Crippen LogP contribution in [-0.2, 0) is 14.3 Å². The summed E-state index contributed by atoms with van der Waals surface area (Å²) in [5, 5.41) is 1.80. The molecule has 3 amide bonds. The normalized spacial score (nSPS) is 9.74. The molecule has 0 aliphatic carbocycles. The van der Waals surface area contributed by atoms with Crippen molar-refractivity contribution in [3.05, 3.63) is 29.8 Å². The predicted octanol–water partition coefficient (Wildman–Crippen LogP) is 0.825. The first-order chi connectivity index (χ1) is 8.99. The first kappa shape index (κ1) is 15.0. The highest BCUT2D eigenvalue weighted by molar-refractivity contribution is 8.00. The molecule has 0 aliphatic heterocycles. The molecule has 0 bridgehead atoms. The Balaban J connectivity index is 2.31. The molecule has 0 radical (unpaired) electrons. The van der Waals surface area contributed by atoms with Gasteiger partial charge in [0.05, 0.1) is 5.75 Å². The van der Waals surface area contributed by atoms with Crippen LogP contribution in [0.4, 0.5) is 4.79 Å². The lowest BCUT2D eigenvalue weighted by Crippen LogP contribution is -2.37. The number of nitrogens with one attached hydrogen (secondary N) is 1. The average molecular weight is 282 g/mol. The molecular formula is C12H14N2O4S. The Morgan fingerprint density at radius 1 is 1.32 bits per heavy atom. The van der Waals surface area contributed by atoms with Crippen molar-refractivity contribution in [1.29, 1.82) is 0 Å². The molecule has 3 N–H and O–H groups in total. The van der Waals surface area contributed by atoms with Crippen molar-refractivity contribution in [3.63, 3.8) is 0 Å². The van der Waals surface area contributed by atoms with Crippen molar-refractivity contribution in [2.45, 2.75) is 11.8 Å². The Morgan fingerprint density at radius 3 is 2.63 bits per heavy atom. The Bertz CT molecular complexity index is 490. The average Bonchev–Trinajstić information content (AvgIpc) is 2.34. The van der Waals surface area contributed by atoms with Crippen LogP contribution in [0, 0.1) is 6.92 Å². The summed E-state index contributed by atoms with van der Waals surface area (Å²) in [5.41, 5.74) is 5.80. The van der Waals surface area contributed by atoms with E-state index in [4.69, 9.17) is 5.73 Å². The topological polar surface area (TPSA) is 98.5 Å². The highest BCUT2D eigenvalue weighted by Crippen LogP contribution is 2.21. The first-order valence-electron chi connectivity index (χ1n) is 5.42. The molecule has 1 rings (SSSR count). The molecule has 0 aromatic heterocycles. The molecule has 0 unspecified atom stereocenters. The number of benzene rings is 1. The molecular weight excluding hydrogens is 268 g/mol. The van der Waals surface area contributed by atoms with Crippen molar-refractivity contribution in [1.82, 2.24) is 5.32 Å². The molecule has 0 spiro atoms. The summed E-state index contributed by atoms with van der Waals surface area (Å²) in [6, 6.07) is 6.64. The summed E-state index contributed by atoms with van der Waals surface area (Å²) in [6.07, 6.45) is 0. The number of carbonyl (C=O) groups excluding carboxylic acids is 3. The van der Waals surface area contributed by atoms with Gasteiger partial charge in [0.1, 0.15) is 0 Å². The van der Waals surface area contributed by atoms with Gasteiger partial charge in [-0.05, 0) is 18.6 Å². The molecule has 0 atom stereocenters. The SMILES string of the molecule is Cc1ccccc1SCC(=O)OCC(=O)NC(N)=O. The molecule has 1 aromatic rings. The van der Waals surface area contributed by atoms with Crippen molar-refractivity contribution < 1.29 is 19.1 Å². The number of urea groups is 1. The van der Waals surface area contributed by atoms with Crippen molar-refractivity contribution in [3.8, 4) is 0 Å². The number of esters is 1. The van der Waals surface area contributed by atoms with Crippen LogP contribution in [0.1, 0.15) is 5.56 Å². The summed E-state index contributed by atoms with van der Waals surface area (Å²) >= 11 is 1.32. The number of ether oxygens (including phenoxy) is 1. The highest BCUT2D eigenvalue weighted by Gasteiger charge is 2.10. The number of nitrogens with two attached hydrogens (primary N) is 1. The molecule has 0 fully saturated rings. The Morgan fingerprint density at radius 2 is 2.00 bits per heavy atom. The zero-order chi connectivity index (χ0) is 14.3. The second-order valence-corrected chi connectivity index (χ2v) is 4.64. The summed E-state index contributed by atoms with van der Waals surface area (Å²) in [7, 11) is 0. The maximum atomic E-state index is 11.4. The van der Waals surface area contributed by atoms with Gasteiger partial charge in [0, 0.05) is 4.90 Å². The summed E-state index contributed by atoms with van der Waals surface area (Å²) < 4.78 is 4.69. The molecule has 1 aromatic carbocycles. The third kappa shape index (κ3) is 5.91. The van der Waals surface area contributed by atoms with Gasteiger partial charge in [-0.25, -0.2) is 4.79 Å². The second-order valence-electron chi connectivity index (χ2n) is 3.63. The van der Waals surface area contributed by atoms with Crippen molar-refractivity contribution in [2.24, 2.45) is 5.73 Å². The van der Waals surface area contributed by atoms with E-state index >= 15 is 0 Å². The van der Waals surface area contributed by atoms with Gasteiger partial charge in [-0.2, -0.15) is 0 Å². The lowest BCUT2D eigenvalue weighted by atomic mass is 10.2. The largest absolute Gasteiger partial charge is 0.455 e. The third-order valence-electron chi connectivity index (χ3n) is 2.07. The monoisotopic (exact) mass is 282 g/mol. The number of aryl methyl sites for hydroxylation is 1. The zero-order valence-corrected chi connectivity index (χ0v) is 11.2. The van der Waals surface area contributed by atoms with Crippen molar-refractivity contribution in [2.75, 3.05) is 12.4 Å². The Labute approximate surface area is 114 Å². The number of primary amides is 1. The summed E-state index contributed by atoms with van der Waals surface area (Å²) in [5.74, 6) is -1.19. The minimum absolute atomic E-state index is 0.0920. The zero-order valence-electron chi connectivity index (χ0n) is 10.3. The molecule has 102 valence electrons. The molecule has 0 heterocycles. The lowest BCUT2D eigenvalue weighted by molar-refractivity contribution is -0.145. The van der Waals surface area contributed by atoms with Crippen LogP contribution in [0.25, 0.3) is 0 Å². The molecule has 6 nitrogen and oxygen atoms in total. The van der Waals surface area contributed by atoms with Gasteiger partial charge in [0.15, 0.2) is 6.61 Å². The number of thioether (sulfide) groups is 1. The predicted molar refractivity (Wildman–Crippen MR) is 70.6 cm³/mol. The lowest BCUT2D eigenvalue weighted by Gasteiger charge is -2.06. The van der Waals surface area contributed by atoms with Gasteiger partial charge >= 0.3 is 12.0 Å². The maximum Gasteiger partial charge on any atom is 0.318 e. The van der Waals surface area contributed by atoms with Gasteiger partial charge in [0.2, 0.25) is 0 Å². The van der Waals surface area contributed by atoms with Crippen LogP contribution in [0.15, 0.2) is 29.2 Å². The smallest absolute Gasteiger partial charge is 0.318 e. The van der Waals surface area contributed by atoms with E-state index in [9.17, 15) is 14.4 Å². The van der Waals surface area contributed by atoms with Crippen molar-refractivity contribution >= 4 is 29.7 Å². The minimum Gasteiger partial charge on any atom is -0.455 e. The molecule has 7 heteroatoms. The molecule has 0 aliphatic rings. The van der Waals surface area contributed by atoms with Crippen LogP contribution in [0.5, 0.6) is 0 Å². The summed E-state index contributed by atoms with van der Waals surface area (Å²) in [6.45, 7) is 1.42. The van der Waals surface area contributed by atoms with E-state index in [2.05, 4.69) is 4.74 Å². The maximum absolute atomic E-state index is 11.4. The van der Waals surface area contributed by atoms with Gasteiger partial charge in [-0.3, -0.25) is 14.9 Å². The fourth-order valence-corrected chi connectivity index (χ4v) is 2.04. The molecule has 0 saturated carbocycles. The molecule has 19 heavy (non-hydrogen) atoms. The second kappa shape index (κ2) is 7.42. The number of hydrogen-bond donors (Lipinski definition) is 2. The number of rotatable bonds is 5.